The Morgan fingerprint density at radius 1 is 1.12 bits per heavy atom. The van der Waals surface area contributed by atoms with E-state index in [1.165, 1.54) is 47.5 Å². The van der Waals surface area contributed by atoms with Gasteiger partial charge in [-0.3, -0.25) is 4.79 Å². The van der Waals surface area contributed by atoms with Gasteiger partial charge in [0.2, 0.25) is 21.1 Å². The van der Waals surface area contributed by atoms with Gasteiger partial charge in [0.1, 0.15) is 6.07 Å². The fourth-order valence-corrected chi connectivity index (χ4v) is 6.57. The van der Waals surface area contributed by atoms with Crippen LogP contribution >= 0.6 is 11.8 Å². The number of carbonyl (C=O) groups excluding carboxylic acids is 1. The van der Waals surface area contributed by atoms with E-state index in [1.54, 1.807) is 17.0 Å². The molecule has 10 nitrogen and oxygen atoms in total. The van der Waals surface area contributed by atoms with Crippen molar-refractivity contribution in [3.05, 3.63) is 29.8 Å². The summed E-state index contributed by atoms with van der Waals surface area (Å²) >= 11 is 1.33. The monoisotopic (exact) mass is 475 g/mol. The summed E-state index contributed by atoms with van der Waals surface area (Å²) < 4.78 is 29.1. The van der Waals surface area contributed by atoms with Crippen LogP contribution in [0.1, 0.15) is 43.7 Å². The van der Waals surface area contributed by atoms with E-state index in [4.69, 9.17) is 0 Å². The van der Waals surface area contributed by atoms with E-state index >= 15 is 0 Å². The summed E-state index contributed by atoms with van der Waals surface area (Å²) in [7, 11) is -3.78. The Morgan fingerprint density at radius 2 is 1.84 bits per heavy atom. The Bertz CT molecular complexity index is 1100. The standard InChI is InChI=1S/C20H25N7O3S2/c21-14-16-6-4-5-9-18(16)32(29,30)26-12-10-25(11-13-26)19(28)15-31-20-22-23-24-27(20)17-7-2-1-3-8-17/h4-6,9,17H,1-3,7-8,10-13,15H2. The molecule has 1 aromatic carbocycles. The normalized spacial score (nSPS) is 18.4. The summed E-state index contributed by atoms with van der Waals surface area (Å²) in [5, 5.41) is 21.9. The molecule has 2 fully saturated rings. The van der Waals surface area contributed by atoms with Crippen LogP contribution in [0.3, 0.4) is 0 Å². The van der Waals surface area contributed by atoms with Gasteiger partial charge >= 0.3 is 0 Å². The van der Waals surface area contributed by atoms with E-state index in [0.29, 0.717) is 24.3 Å². The van der Waals surface area contributed by atoms with Crippen LogP contribution in [-0.2, 0) is 14.8 Å². The quantitative estimate of drug-likeness (QED) is 0.578. The van der Waals surface area contributed by atoms with Crippen LogP contribution in [0.15, 0.2) is 34.3 Å². The summed E-state index contributed by atoms with van der Waals surface area (Å²) in [6.45, 7) is 0.998. The summed E-state index contributed by atoms with van der Waals surface area (Å²) in [5.41, 5.74) is 0.123. The van der Waals surface area contributed by atoms with Crippen molar-refractivity contribution in [2.75, 3.05) is 31.9 Å². The van der Waals surface area contributed by atoms with Gasteiger partial charge in [-0.1, -0.05) is 43.2 Å². The number of aromatic nitrogens is 4. The van der Waals surface area contributed by atoms with E-state index in [0.717, 1.165) is 12.8 Å². The molecule has 32 heavy (non-hydrogen) atoms. The fraction of sp³-hybridized carbons (Fsp3) is 0.550. The first kappa shape index (κ1) is 22.7. The molecular weight excluding hydrogens is 450 g/mol. The van der Waals surface area contributed by atoms with Crippen LogP contribution in [-0.4, -0.2) is 75.7 Å². The van der Waals surface area contributed by atoms with Crippen LogP contribution < -0.4 is 0 Å². The molecule has 2 aromatic rings. The van der Waals surface area contributed by atoms with E-state index < -0.39 is 10.0 Å². The molecule has 0 spiro atoms. The molecule has 1 saturated carbocycles. The van der Waals surface area contributed by atoms with Gasteiger partial charge in [-0.05, 0) is 35.4 Å². The number of hydrogen-bond donors (Lipinski definition) is 0. The number of amides is 1. The molecule has 2 heterocycles. The molecule has 0 bridgehead atoms. The van der Waals surface area contributed by atoms with Crippen molar-refractivity contribution in [2.24, 2.45) is 0 Å². The summed E-state index contributed by atoms with van der Waals surface area (Å²) in [6, 6.07) is 8.40. The number of thioether (sulfide) groups is 1. The van der Waals surface area contributed by atoms with Gasteiger partial charge in [-0.15, -0.1) is 5.10 Å². The average molecular weight is 476 g/mol. The molecule has 0 radical (unpaired) electrons. The average Bonchev–Trinajstić information content (AvgIpc) is 3.32. The maximum Gasteiger partial charge on any atom is 0.244 e. The van der Waals surface area contributed by atoms with Crippen molar-refractivity contribution in [3.8, 4) is 6.07 Å². The van der Waals surface area contributed by atoms with Crippen molar-refractivity contribution in [1.29, 1.82) is 5.26 Å². The van der Waals surface area contributed by atoms with Crippen molar-refractivity contribution in [1.82, 2.24) is 29.4 Å². The Hall–Kier alpha value is -2.49. The number of carbonyl (C=O) groups is 1. The maximum absolute atomic E-state index is 13.0. The highest BCUT2D eigenvalue weighted by atomic mass is 32.2. The van der Waals surface area contributed by atoms with Crippen LogP contribution in [0.4, 0.5) is 0 Å². The first-order valence-corrected chi connectivity index (χ1v) is 13.1. The Kier molecular flexibility index (Phi) is 7.07. The summed E-state index contributed by atoms with van der Waals surface area (Å²) in [5.74, 6) is 0.138. The molecule has 2 aliphatic rings. The smallest absolute Gasteiger partial charge is 0.244 e. The summed E-state index contributed by atoms with van der Waals surface area (Å²) in [6.07, 6.45) is 5.68. The molecule has 0 N–H and O–H groups in total. The Labute approximate surface area is 191 Å². The molecular formula is C20H25N7O3S2. The van der Waals surface area contributed by atoms with Crippen LogP contribution in [0.25, 0.3) is 0 Å². The highest BCUT2D eigenvalue weighted by Gasteiger charge is 2.31. The number of sulfonamides is 1. The number of tetrazole rings is 1. The first-order valence-electron chi connectivity index (χ1n) is 10.7. The topological polar surface area (TPSA) is 125 Å². The van der Waals surface area contributed by atoms with Gasteiger partial charge in [0.25, 0.3) is 0 Å². The van der Waals surface area contributed by atoms with Gasteiger partial charge in [0, 0.05) is 26.2 Å². The van der Waals surface area contributed by atoms with Crippen LogP contribution in [0.5, 0.6) is 0 Å². The van der Waals surface area contributed by atoms with Crippen LogP contribution in [0.2, 0.25) is 0 Å². The van der Waals surface area contributed by atoms with Gasteiger partial charge in [-0.2, -0.15) is 9.57 Å². The minimum Gasteiger partial charge on any atom is -0.339 e. The third kappa shape index (κ3) is 4.79. The zero-order chi connectivity index (χ0) is 22.6. The minimum atomic E-state index is -3.78. The van der Waals surface area contributed by atoms with Crippen molar-refractivity contribution < 1.29 is 13.2 Å². The minimum absolute atomic E-state index is 0.00683. The van der Waals surface area contributed by atoms with Gasteiger partial charge in [0.15, 0.2) is 0 Å². The van der Waals surface area contributed by atoms with Crippen molar-refractivity contribution in [2.45, 2.75) is 48.2 Å². The first-order chi connectivity index (χ1) is 15.5. The molecule has 1 amide bonds. The molecule has 4 rings (SSSR count). The van der Waals surface area contributed by atoms with E-state index in [9.17, 15) is 18.5 Å². The Balaban J connectivity index is 1.33. The number of piperazine rings is 1. The second-order valence-corrected chi connectivity index (χ2v) is 10.7. The van der Waals surface area contributed by atoms with Gasteiger partial charge in [0.05, 0.1) is 22.3 Å². The van der Waals surface area contributed by atoms with Crippen molar-refractivity contribution in [3.63, 3.8) is 0 Å². The fourth-order valence-electron chi connectivity index (χ4n) is 4.15. The second kappa shape index (κ2) is 9.97. The third-order valence-electron chi connectivity index (χ3n) is 5.92. The van der Waals surface area contributed by atoms with Crippen molar-refractivity contribution >= 4 is 27.7 Å². The number of nitriles is 1. The largest absolute Gasteiger partial charge is 0.339 e. The lowest BCUT2D eigenvalue weighted by atomic mass is 9.96. The molecule has 1 aromatic heterocycles. The van der Waals surface area contributed by atoms with Gasteiger partial charge in [-0.25, -0.2) is 13.1 Å². The second-order valence-electron chi connectivity index (χ2n) is 7.88. The number of hydrogen-bond acceptors (Lipinski definition) is 8. The lowest BCUT2D eigenvalue weighted by Gasteiger charge is -2.34. The predicted molar refractivity (Wildman–Crippen MR) is 117 cm³/mol. The zero-order valence-electron chi connectivity index (χ0n) is 17.6. The number of benzene rings is 1. The molecule has 170 valence electrons. The number of nitrogens with zero attached hydrogens (tertiary/aromatic N) is 7. The van der Waals surface area contributed by atoms with E-state index in [-0.39, 0.29) is 35.2 Å². The maximum atomic E-state index is 13.0. The van der Waals surface area contributed by atoms with Gasteiger partial charge < -0.3 is 4.90 Å². The highest BCUT2D eigenvalue weighted by Crippen LogP contribution is 2.30. The molecule has 1 aliphatic carbocycles. The lowest BCUT2D eigenvalue weighted by molar-refractivity contribution is -0.129. The SMILES string of the molecule is N#Cc1ccccc1S(=O)(=O)N1CCN(C(=O)CSc2nnnn2C2CCCCC2)CC1. The molecule has 0 atom stereocenters. The highest BCUT2D eigenvalue weighted by molar-refractivity contribution is 7.99. The van der Waals surface area contributed by atoms with Crippen LogP contribution in [0, 0.1) is 11.3 Å². The molecule has 12 heteroatoms. The zero-order valence-corrected chi connectivity index (χ0v) is 19.3. The predicted octanol–water partition coefficient (Wildman–Crippen LogP) is 1.68. The molecule has 1 saturated heterocycles. The molecule has 1 aliphatic heterocycles. The Morgan fingerprint density at radius 3 is 2.56 bits per heavy atom. The number of rotatable bonds is 6. The third-order valence-corrected chi connectivity index (χ3v) is 8.80. The van der Waals surface area contributed by atoms with E-state index in [2.05, 4.69) is 15.5 Å². The lowest BCUT2D eigenvalue weighted by Crippen LogP contribution is -2.51. The van der Waals surface area contributed by atoms with E-state index in [1.807, 2.05) is 10.8 Å². The summed E-state index contributed by atoms with van der Waals surface area (Å²) in [4.78, 5) is 14.4. The molecule has 0 unspecified atom stereocenters.